The summed E-state index contributed by atoms with van der Waals surface area (Å²) in [5.74, 6) is -0.801. The van der Waals surface area contributed by atoms with Crippen molar-refractivity contribution in [2.75, 3.05) is 42.7 Å². The Kier molecular flexibility index (Phi) is 29.5. The lowest BCUT2D eigenvalue weighted by atomic mass is 10.0. The molecule has 1 heterocycles. The van der Waals surface area contributed by atoms with E-state index in [1.807, 2.05) is 34.4 Å². The van der Waals surface area contributed by atoms with Crippen LogP contribution in [-0.2, 0) is 32.7 Å². The molecule has 0 aliphatic heterocycles. The molecule has 1 aromatic heterocycles. The number of nitrogens with zero attached hydrogens (tertiary/aromatic N) is 8. The van der Waals surface area contributed by atoms with E-state index in [4.69, 9.17) is 4.55 Å². The standard InChI is InChI=1S/C61H79N11O17S/c1-65(50-29-28-48-41-47(26-27-49(48)42-50)25-24-46-32-38-66(39-33-46)37-21-22-40-90(87,88)89)36-20-16-12-8-3-2-6-10-14-18-34-62-57(73)23-17-13-9-5-4-7-11-15-19-35-63-58(74)31-30-52-53(68(77)78)45-56(71(83)84)60(61(52)72(85)86)64-59-54(69(79)80)43-51(67(75)76)44-55(59)70(81)82/h24-29,32-33,38-39,41-45,64H,2-23,30-31,34-37,40H2,1H3,(H2-,62,63,73,74,87,88,89)/p+1. The largest absolute Gasteiger partial charge is 0.375 e. The van der Waals surface area contributed by atoms with Gasteiger partial charge in [0.15, 0.2) is 23.8 Å². The van der Waals surface area contributed by atoms with Gasteiger partial charge in [0.2, 0.25) is 11.8 Å². The zero-order valence-corrected chi connectivity index (χ0v) is 51.4. The molecular formula is C61H80N11O17S+. The highest BCUT2D eigenvalue weighted by molar-refractivity contribution is 7.85. The van der Waals surface area contributed by atoms with Crippen molar-refractivity contribution in [3.63, 3.8) is 0 Å². The number of nitrogens with one attached hydrogen (secondary N) is 3. The van der Waals surface area contributed by atoms with E-state index in [0.717, 1.165) is 88.3 Å². The number of carbonyl (C=O) groups is 2. The number of amides is 2. The van der Waals surface area contributed by atoms with Crippen LogP contribution < -0.4 is 25.4 Å². The van der Waals surface area contributed by atoms with Crippen molar-refractivity contribution in [2.24, 2.45) is 0 Å². The van der Waals surface area contributed by atoms with Crippen molar-refractivity contribution in [3.8, 4) is 0 Å². The number of rotatable bonds is 44. The first kappa shape index (κ1) is 71.6. The second kappa shape index (κ2) is 37.0. The molecule has 0 aliphatic rings. The van der Waals surface area contributed by atoms with Crippen molar-refractivity contribution >= 4 is 96.0 Å². The van der Waals surface area contributed by atoms with Gasteiger partial charge in [-0.25, -0.2) is 4.57 Å². The van der Waals surface area contributed by atoms with Gasteiger partial charge in [-0.05, 0) is 78.6 Å². The molecule has 0 fully saturated rings. The zero-order valence-electron chi connectivity index (χ0n) is 50.6. The topological polar surface area (TPSA) is 391 Å². The van der Waals surface area contributed by atoms with E-state index >= 15 is 0 Å². The van der Waals surface area contributed by atoms with Crippen LogP contribution in [0.2, 0.25) is 0 Å². The molecule has 28 nitrogen and oxygen atoms in total. The molecular weight excluding hydrogens is 1190 g/mol. The number of nitro benzene ring substituents is 6. The molecule has 4 aromatic carbocycles. The normalized spacial score (nSPS) is 11.4. The average Bonchev–Trinajstić information content (AvgIpc) is 0.794. The molecule has 0 spiro atoms. The molecule has 90 heavy (non-hydrogen) atoms. The fourth-order valence-corrected chi connectivity index (χ4v) is 11.0. The number of pyridine rings is 1. The van der Waals surface area contributed by atoms with Crippen LogP contribution in [0.25, 0.3) is 22.9 Å². The zero-order chi connectivity index (χ0) is 65.6. The van der Waals surface area contributed by atoms with Crippen molar-refractivity contribution in [1.82, 2.24) is 10.6 Å². The lowest BCUT2D eigenvalue weighted by Gasteiger charge is -2.20. The lowest BCUT2D eigenvalue weighted by molar-refractivity contribution is -0.697. The SMILES string of the molecule is CN(CCCCCCCCCCCCNC(=O)CCCCCCCCCCCNC(=O)CCc1c([N+](=O)[O-])cc([N+](=O)[O-])c(Nc2c([N+](=O)[O-])cc([N+](=O)[O-])cc2[N+](=O)[O-])c1[N+](=O)[O-])c1ccc2cc(/C=C/c3cc[n+](CCCCS(=O)(=O)O)cc3)ccc2c1. The van der Waals surface area contributed by atoms with Gasteiger partial charge in [-0.1, -0.05) is 127 Å². The first-order valence-electron chi connectivity index (χ1n) is 30.4. The fraction of sp³-hybridized carbons (Fsp3) is 0.492. The first-order valence-corrected chi connectivity index (χ1v) is 32.1. The summed E-state index contributed by atoms with van der Waals surface area (Å²) < 4.78 is 32.7. The number of hydrogen-bond donors (Lipinski definition) is 4. The van der Waals surface area contributed by atoms with Crippen LogP contribution in [0.1, 0.15) is 164 Å². The highest BCUT2D eigenvalue weighted by Crippen LogP contribution is 2.48. The quantitative estimate of drug-likeness (QED) is 0.00925. The third-order valence-electron chi connectivity index (χ3n) is 15.4. The lowest BCUT2D eigenvalue weighted by Crippen LogP contribution is -2.32. The smallest absolute Gasteiger partial charge is 0.309 e. The summed E-state index contributed by atoms with van der Waals surface area (Å²) in [6, 6.07) is 18.0. The molecule has 29 heteroatoms. The first-order chi connectivity index (χ1) is 43.0. The predicted octanol–water partition coefficient (Wildman–Crippen LogP) is 13.3. The molecule has 2 amide bonds. The molecule has 0 saturated carbocycles. The Labute approximate surface area is 521 Å². The molecule has 0 bridgehead atoms. The van der Waals surface area contributed by atoms with Crippen LogP contribution in [0.3, 0.4) is 0 Å². The molecule has 5 rings (SSSR count). The van der Waals surface area contributed by atoms with Crippen molar-refractivity contribution < 1.29 is 56.7 Å². The van der Waals surface area contributed by atoms with Crippen LogP contribution in [0, 0.1) is 60.7 Å². The number of aryl methyl sites for hydroxylation is 1. The van der Waals surface area contributed by atoms with E-state index in [9.17, 15) is 78.7 Å². The number of benzene rings is 4. The van der Waals surface area contributed by atoms with Gasteiger partial charge in [-0.2, -0.15) is 8.42 Å². The van der Waals surface area contributed by atoms with Crippen molar-refractivity contribution in [2.45, 2.75) is 161 Å². The molecule has 486 valence electrons. The minimum absolute atomic E-state index is 0.0846. The van der Waals surface area contributed by atoms with Gasteiger partial charge < -0.3 is 20.9 Å². The summed E-state index contributed by atoms with van der Waals surface area (Å²) in [4.78, 5) is 91.6. The van der Waals surface area contributed by atoms with Gasteiger partial charge in [0.1, 0.15) is 12.1 Å². The number of unbranched alkanes of at least 4 members (excludes halogenated alkanes) is 18. The van der Waals surface area contributed by atoms with Gasteiger partial charge in [0.05, 0.1) is 53.5 Å². The Morgan fingerprint density at radius 2 is 0.989 bits per heavy atom. The summed E-state index contributed by atoms with van der Waals surface area (Å²) in [5.41, 5.74) is -7.57. The Balaban J connectivity index is 0.849. The molecule has 5 aromatic rings. The number of nitro groups is 6. The predicted molar refractivity (Wildman–Crippen MR) is 341 cm³/mol. The minimum atomic E-state index is -3.92. The van der Waals surface area contributed by atoms with E-state index in [-0.39, 0.29) is 30.3 Å². The second-order valence-corrected chi connectivity index (χ2v) is 23.8. The van der Waals surface area contributed by atoms with Crippen LogP contribution in [0.4, 0.5) is 51.2 Å². The van der Waals surface area contributed by atoms with Gasteiger partial charge in [0, 0.05) is 63.8 Å². The number of carbonyl (C=O) groups excluding carboxylic acids is 2. The van der Waals surface area contributed by atoms with Crippen LogP contribution in [0.5, 0.6) is 0 Å². The number of non-ortho nitro benzene ring substituents is 1. The number of hydrogen-bond acceptors (Lipinski definition) is 18. The number of fused-ring (bicyclic) bond motifs is 1. The van der Waals surface area contributed by atoms with E-state index in [0.29, 0.717) is 44.8 Å². The minimum Gasteiger partial charge on any atom is -0.375 e. The van der Waals surface area contributed by atoms with Crippen molar-refractivity contribution in [1.29, 1.82) is 0 Å². The molecule has 0 saturated heterocycles. The number of anilines is 3. The molecule has 0 radical (unpaired) electrons. The Hall–Kier alpha value is -9.12. The Morgan fingerprint density at radius 1 is 0.511 bits per heavy atom. The maximum atomic E-state index is 12.8. The molecule has 4 N–H and O–H groups in total. The molecule has 0 atom stereocenters. The van der Waals surface area contributed by atoms with Crippen LogP contribution in [-0.4, -0.2) is 86.8 Å². The second-order valence-electron chi connectivity index (χ2n) is 22.2. The van der Waals surface area contributed by atoms with Gasteiger partial charge in [-0.15, -0.1) is 0 Å². The highest BCUT2D eigenvalue weighted by atomic mass is 32.2. The highest BCUT2D eigenvalue weighted by Gasteiger charge is 2.40. The number of aromatic nitrogens is 1. The van der Waals surface area contributed by atoms with Crippen molar-refractivity contribution in [3.05, 3.63) is 156 Å². The average molecular weight is 1270 g/mol. The summed E-state index contributed by atoms with van der Waals surface area (Å²) in [6.07, 6.45) is 28.2. The summed E-state index contributed by atoms with van der Waals surface area (Å²) >= 11 is 0. The van der Waals surface area contributed by atoms with Gasteiger partial charge >= 0.3 is 22.7 Å². The monoisotopic (exact) mass is 1270 g/mol. The van der Waals surface area contributed by atoms with E-state index in [1.54, 1.807) is 0 Å². The summed E-state index contributed by atoms with van der Waals surface area (Å²) in [7, 11) is -1.76. The molecule has 0 aliphatic carbocycles. The fourth-order valence-electron chi connectivity index (χ4n) is 10.4. The Bertz CT molecular complexity index is 3420. The summed E-state index contributed by atoms with van der Waals surface area (Å²) in [6.45, 7) is 2.60. The maximum absolute atomic E-state index is 12.8. The van der Waals surface area contributed by atoms with Gasteiger partial charge in [0.25, 0.3) is 21.5 Å². The third kappa shape index (κ3) is 24.5. The van der Waals surface area contributed by atoms with E-state index < -0.39 is 109 Å². The Morgan fingerprint density at radius 3 is 1.51 bits per heavy atom. The van der Waals surface area contributed by atoms with Crippen LogP contribution >= 0.6 is 0 Å². The third-order valence-corrected chi connectivity index (χ3v) is 16.2. The molecule has 0 unspecified atom stereocenters. The summed E-state index contributed by atoms with van der Waals surface area (Å²) in [5, 5.41) is 81.6. The van der Waals surface area contributed by atoms with Gasteiger partial charge in [-0.3, -0.25) is 74.8 Å². The van der Waals surface area contributed by atoms with Crippen LogP contribution in [0.15, 0.2) is 79.1 Å². The van der Waals surface area contributed by atoms with E-state index in [2.05, 4.69) is 71.1 Å². The maximum Gasteiger partial charge on any atom is 0.309 e. The van der Waals surface area contributed by atoms with E-state index in [1.165, 1.54) is 61.4 Å².